The molecular weight excluding hydrogens is 1420 g/mol. The van der Waals surface area contributed by atoms with Crippen molar-refractivity contribution in [1.82, 2.24) is 0 Å². The van der Waals surface area contributed by atoms with Crippen LogP contribution < -0.4 is 0 Å². The molecule has 2 fully saturated rings. The largest absolute Gasteiger partial charge is 0.481 e. The molecule has 0 aromatic carbocycles. The van der Waals surface area contributed by atoms with Gasteiger partial charge < -0.3 is 70.8 Å². The van der Waals surface area contributed by atoms with E-state index in [0.717, 1.165) is 128 Å². The highest BCUT2D eigenvalue weighted by molar-refractivity contribution is 5.69. The van der Waals surface area contributed by atoms with E-state index in [0.29, 0.717) is 64.2 Å². The predicted octanol–water partition coefficient (Wildman–Crippen LogP) is 22.8. The van der Waals surface area contributed by atoms with Crippen molar-refractivity contribution in [2.75, 3.05) is 13.2 Å². The van der Waals surface area contributed by atoms with Crippen LogP contribution in [0, 0.1) is 0 Å². The molecule has 658 valence electrons. The van der Waals surface area contributed by atoms with E-state index in [1.54, 1.807) is 0 Å². The van der Waals surface area contributed by atoms with E-state index in [1.807, 2.05) is 0 Å². The molecule has 110 heavy (non-hydrogen) atoms. The number of fused-ring (bicyclic) bond motifs is 1. The summed E-state index contributed by atoms with van der Waals surface area (Å²) in [5.74, 6) is -6.70. The first-order valence-electron chi connectivity index (χ1n) is 43.3. The average molecular weight is 1590 g/mol. The standard InChI is InChI=1S/10C8H16O2.C6H10O4/c10*1-2-3-4-5-6-7-8(9)10;7-3-1-9-6-4(8)2-10-5(3)6/h10*2-7H2,1H3,(H,9,10);3-8H,1-2H2/t;;;;;;;;;;3-,4+,5-,6-/m..........1/s1. The topological polar surface area (TPSA) is 432 Å². The Labute approximate surface area is 667 Å². The summed E-state index contributed by atoms with van der Waals surface area (Å²) >= 11 is 0. The maximum absolute atomic E-state index is 10.0. The summed E-state index contributed by atoms with van der Waals surface area (Å²) in [6.45, 7) is 22.1. The van der Waals surface area contributed by atoms with Crippen LogP contribution in [0.3, 0.4) is 0 Å². The highest BCUT2D eigenvalue weighted by atomic mass is 16.6. The van der Waals surface area contributed by atoms with Crippen LogP contribution in [-0.2, 0) is 57.4 Å². The molecule has 2 rings (SSSR count). The van der Waals surface area contributed by atoms with Crippen LogP contribution in [0.15, 0.2) is 0 Å². The highest BCUT2D eigenvalue weighted by Gasteiger charge is 2.46. The van der Waals surface area contributed by atoms with E-state index in [4.69, 9.17) is 70.8 Å². The van der Waals surface area contributed by atoms with Crippen molar-refractivity contribution >= 4 is 59.7 Å². The Kier molecular flexibility index (Phi) is 120. The minimum Gasteiger partial charge on any atom is -0.481 e. The average Bonchev–Trinajstić information content (AvgIpc) is 1.67. The first kappa shape index (κ1) is 123. The third kappa shape index (κ3) is 141. The number of ether oxygens (including phenoxy) is 2. The zero-order valence-corrected chi connectivity index (χ0v) is 71.4. The van der Waals surface area contributed by atoms with Crippen LogP contribution in [0.5, 0.6) is 0 Å². The molecule has 0 aromatic rings. The Morgan fingerprint density at radius 3 is 0.355 bits per heavy atom. The van der Waals surface area contributed by atoms with Crippen LogP contribution in [0.25, 0.3) is 0 Å². The Balaban J connectivity index is -0.000000146. The minimum atomic E-state index is -0.670. The minimum absolute atomic E-state index is 0.284. The molecule has 24 heteroatoms. The molecule has 24 nitrogen and oxygen atoms in total. The van der Waals surface area contributed by atoms with Crippen molar-refractivity contribution in [2.45, 2.75) is 479 Å². The number of carboxylic acid groups (broad SMARTS) is 10. The molecule has 0 aliphatic carbocycles. The summed E-state index contributed by atoms with van der Waals surface area (Å²) in [4.78, 5) is 100. The number of carboxylic acids is 10. The fourth-order valence-corrected chi connectivity index (χ4v) is 10.3. The van der Waals surface area contributed by atoms with Gasteiger partial charge in [-0.05, 0) is 64.2 Å². The van der Waals surface area contributed by atoms with Crippen LogP contribution in [0.4, 0.5) is 0 Å². The van der Waals surface area contributed by atoms with Crippen LogP contribution in [0.2, 0.25) is 0 Å². The number of rotatable bonds is 60. The lowest BCUT2D eigenvalue weighted by Gasteiger charge is -2.09. The molecule has 0 saturated carbocycles. The highest BCUT2D eigenvalue weighted by Crippen LogP contribution is 2.26. The van der Waals surface area contributed by atoms with Crippen LogP contribution in [0.1, 0.15) is 454 Å². The molecule has 2 heterocycles. The predicted molar refractivity (Wildman–Crippen MR) is 442 cm³/mol. The van der Waals surface area contributed by atoms with Gasteiger partial charge in [0.1, 0.15) is 24.4 Å². The van der Waals surface area contributed by atoms with Crippen LogP contribution >= 0.6 is 0 Å². The molecule has 0 unspecified atom stereocenters. The molecule has 2 aliphatic rings. The van der Waals surface area contributed by atoms with E-state index < -0.39 is 71.9 Å². The molecular formula is C86H170O24. The second kappa shape index (κ2) is 108. The van der Waals surface area contributed by atoms with Crippen molar-refractivity contribution in [2.24, 2.45) is 0 Å². The van der Waals surface area contributed by atoms with Crippen LogP contribution in [-0.4, -0.2) is 159 Å². The van der Waals surface area contributed by atoms with E-state index >= 15 is 0 Å². The Hall–Kier alpha value is -5.46. The SMILES string of the molecule is CCCCCCCC(=O)O.CCCCCCCC(=O)O.CCCCCCCC(=O)O.CCCCCCCC(=O)O.CCCCCCCC(=O)O.CCCCCCCC(=O)O.CCCCCCCC(=O)O.CCCCCCCC(=O)O.CCCCCCCC(=O)O.CCCCCCCC(=O)O.O[C@@H]1CO[C@H]2[C@@H]1OC[C@@H]2O. The van der Waals surface area contributed by atoms with Gasteiger partial charge in [-0.15, -0.1) is 0 Å². The second-order valence-electron chi connectivity index (χ2n) is 28.3. The van der Waals surface area contributed by atoms with Gasteiger partial charge in [0.25, 0.3) is 0 Å². The fraction of sp³-hybridized carbons (Fsp3) is 0.884. The number of hydrogen-bond acceptors (Lipinski definition) is 14. The Morgan fingerprint density at radius 2 is 0.273 bits per heavy atom. The van der Waals surface area contributed by atoms with Gasteiger partial charge in [0.15, 0.2) is 0 Å². The van der Waals surface area contributed by atoms with E-state index in [1.165, 1.54) is 193 Å². The first-order valence-corrected chi connectivity index (χ1v) is 43.3. The lowest BCUT2D eigenvalue weighted by atomic mass is 10.1. The fourth-order valence-electron chi connectivity index (χ4n) is 10.3. The van der Waals surface area contributed by atoms with Crippen molar-refractivity contribution in [3.8, 4) is 0 Å². The summed E-state index contributed by atoms with van der Waals surface area (Å²) in [6, 6.07) is 0. The number of aliphatic hydroxyl groups is 2. The molecule has 12 N–H and O–H groups in total. The Morgan fingerprint density at radius 1 is 0.182 bits per heavy atom. The van der Waals surface area contributed by atoms with Gasteiger partial charge in [-0.2, -0.15) is 0 Å². The van der Waals surface area contributed by atoms with E-state index in [-0.39, 0.29) is 25.4 Å². The first-order chi connectivity index (χ1) is 52.5. The number of aliphatic carboxylic acids is 10. The lowest BCUT2D eigenvalue weighted by Crippen LogP contribution is -2.30. The van der Waals surface area contributed by atoms with Crippen molar-refractivity contribution in [1.29, 1.82) is 0 Å². The maximum atomic E-state index is 10.0. The van der Waals surface area contributed by atoms with E-state index in [2.05, 4.69) is 69.2 Å². The zero-order chi connectivity index (χ0) is 85.3. The summed E-state index contributed by atoms with van der Waals surface area (Å²) in [6.07, 6.45) is 57.1. The lowest BCUT2D eigenvalue weighted by molar-refractivity contribution is -0.138. The maximum Gasteiger partial charge on any atom is 0.303 e. The third-order valence-corrected chi connectivity index (χ3v) is 16.9. The second-order valence-corrected chi connectivity index (χ2v) is 28.3. The normalized spacial score (nSPS) is 13.7. The smallest absolute Gasteiger partial charge is 0.303 e. The van der Waals surface area contributed by atoms with Gasteiger partial charge in [0, 0.05) is 64.2 Å². The zero-order valence-electron chi connectivity index (χ0n) is 71.4. The Bertz CT molecular complexity index is 1560. The van der Waals surface area contributed by atoms with Crippen molar-refractivity contribution < 1.29 is 119 Å². The summed E-state index contributed by atoms with van der Waals surface area (Å²) in [5.41, 5.74) is 0. The molecule has 0 radical (unpaired) electrons. The number of carbonyl (C=O) groups is 10. The van der Waals surface area contributed by atoms with Gasteiger partial charge in [0.2, 0.25) is 0 Å². The monoisotopic (exact) mass is 1590 g/mol. The summed E-state index contributed by atoms with van der Waals surface area (Å²) in [5, 5.41) is 101. The van der Waals surface area contributed by atoms with Gasteiger partial charge in [-0.25, -0.2) is 0 Å². The molecule has 0 amide bonds. The quantitative estimate of drug-likeness (QED) is 0.0252. The van der Waals surface area contributed by atoms with E-state index in [9.17, 15) is 47.9 Å². The summed E-state index contributed by atoms with van der Waals surface area (Å²) < 4.78 is 10.2. The molecule has 2 aliphatic heterocycles. The van der Waals surface area contributed by atoms with Crippen molar-refractivity contribution in [3.63, 3.8) is 0 Å². The van der Waals surface area contributed by atoms with Gasteiger partial charge in [0.05, 0.1) is 13.2 Å². The number of unbranched alkanes of at least 4 members (excludes halogenated alkanes) is 40. The molecule has 2 saturated heterocycles. The molecule has 0 aromatic heterocycles. The van der Waals surface area contributed by atoms with Gasteiger partial charge in [-0.1, -0.05) is 326 Å². The summed E-state index contributed by atoms with van der Waals surface area (Å²) in [7, 11) is 0. The third-order valence-electron chi connectivity index (χ3n) is 16.9. The molecule has 0 bridgehead atoms. The number of aliphatic hydroxyl groups excluding tert-OH is 2. The molecule has 0 spiro atoms. The van der Waals surface area contributed by atoms with Gasteiger partial charge >= 0.3 is 59.7 Å². The van der Waals surface area contributed by atoms with Gasteiger partial charge in [-0.3, -0.25) is 47.9 Å². The number of hydrogen-bond donors (Lipinski definition) is 12. The van der Waals surface area contributed by atoms with Crippen molar-refractivity contribution in [3.05, 3.63) is 0 Å². The molecule has 4 atom stereocenters.